The van der Waals surface area contributed by atoms with E-state index in [1.165, 1.54) is 5.56 Å². The van der Waals surface area contributed by atoms with Gasteiger partial charge in [-0.1, -0.05) is 35.9 Å². The van der Waals surface area contributed by atoms with Crippen molar-refractivity contribution in [1.82, 2.24) is 15.1 Å². The molecule has 0 aliphatic carbocycles. The molecule has 1 fully saturated rings. The van der Waals surface area contributed by atoms with Crippen molar-refractivity contribution in [3.8, 4) is 11.5 Å². The summed E-state index contributed by atoms with van der Waals surface area (Å²) in [5.41, 5.74) is 3.16. The number of benzene rings is 2. The maximum atomic E-state index is 12.7. The highest BCUT2D eigenvalue weighted by molar-refractivity contribution is 5.81. The van der Waals surface area contributed by atoms with Crippen LogP contribution in [-0.4, -0.2) is 68.1 Å². The summed E-state index contributed by atoms with van der Waals surface area (Å²) in [7, 11) is 3.18. The largest absolute Gasteiger partial charge is 0.493 e. The summed E-state index contributed by atoms with van der Waals surface area (Å²) in [6.07, 6.45) is 0.418. The first-order valence-electron chi connectivity index (χ1n) is 11.0. The Balaban J connectivity index is 1.46. The number of hydrogen-bond acceptors (Lipinski definition) is 5. The van der Waals surface area contributed by atoms with E-state index in [2.05, 4.69) is 10.2 Å². The highest BCUT2D eigenvalue weighted by Crippen LogP contribution is 2.27. The fourth-order valence-electron chi connectivity index (χ4n) is 3.84. The van der Waals surface area contributed by atoms with Crippen LogP contribution in [0.1, 0.15) is 23.6 Å². The Labute approximate surface area is 190 Å². The van der Waals surface area contributed by atoms with Crippen LogP contribution in [0.4, 0.5) is 0 Å². The number of nitrogens with one attached hydrogen (secondary N) is 1. The maximum absolute atomic E-state index is 12.7. The molecule has 1 unspecified atom stereocenters. The lowest BCUT2D eigenvalue weighted by atomic mass is 10.1. The van der Waals surface area contributed by atoms with Crippen LogP contribution in [0, 0.1) is 6.92 Å². The number of piperazine rings is 1. The van der Waals surface area contributed by atoms with Crippen LogP contribution in [0.25, 0.3) is 0 Å². The molecule has 172 valence electrons. The number of nitrogens with zero attached hydrogens (tertiary/aromatic N) is 2. The Hall–Kier alpha value is -3.06. The summed E-state index contributed by atoms with van der Waals surface area (Å²) >= 11 is 0. The second kappa shape index (κ2) is 11.0. The molecule has 2 aromatic rings. The van der Waals surface area contributed by atoms with Crippen LogP contribution in [0.15, 0.2) is 42.5 Å². The van der Waals surface area contributed by atoms with Gasteiger partial charge in [-0.2, -0.15) is 0 Å². The Morgan fingerprint density at radius 2 is 1.56 bits per heavy atom. The molecular formula is C25H33N3O4. The molecule has 0 spiro atoms. The fraction of sp³-hybridized carbons (Fsp3) is 0.440. The van der Waals surface area contributed by atoms with Gasteiger partial charge in [0.15, 0.2) is 11.5 Å². The van der Waals surface area contributed by atoms with Crippen LogP contribution in [-0.2, 0) is 22.6 Å². The van der Waals surface area contributed by atoms with E-state index in [4.69, 9.17) is 9.47 Å². The zero-order chi connectivity index (χ0) is 23.1. The molecule has 1 N–H and O–H groups in total. The molecule has 1 heterocycles. The van der Waals surface area contributed by atoms with Crippen molar-refractivity contribution in [2.24, 2.45) is 0 Å². The van der Waals surface area contributed by atoms with Gasteiger partial charge in [0.25, 0.3) is 0 Å². The van der Waals surface area contributed by atoms with Gasteiger partial charge in [0.2, 0.25) is 11.8 Å². The number of methoxy groups -OCH3 is 2. The molecule has 1 aliphatic heterocycles. The molecule has 0 saturated carbocycles. The topological polar surface area (TPSA) is 71.1 Å². The van der Waals surface area contributed by atoms with Crippen molar-refractivity contribution in [3.05, 3.63) is 59.2 Å². The van der Waals surface area contributed by atoms with Gasteiger partial charge >= 0.3 is 0 Å². The van der Waals surface area contributed by atoms with Crippen LogP contribution < -0.4 is 14.8 Å². The molecule has 0 radical (unpaired) electrons. The normalized spacial score (nSPS) is 15.2. The molecule has 7 nitrogen and oxygen atoms in total. The quantitative estimate of drug-likeness (QED) is 0.684. The van der Waals surface area contributed by atoms with E-state index in [0.29, 0.717) is 50.6 Å². The predicted molar refractivity (Wildman–Crippen MR) is 124 cm³/mol. The van der Waals surface area contributed by atoms with Crippen LogP contribution >= 0.6 is 0 Å². The Morgan fingerprint density at radius 1 is 0.938 bits per heavy atom. The molecule has 1 aliphatic rings. The Morgan fingerprint density at radius 3 is 2.19 bits per heavy atom. The predicted octanol–water partition coefficient (Wildman–Crippen LogP) is 2.40. The van der Waals surface area contributed by atoms with Gasteiger partial charge in [-0.3, -0.25) is 14.5 Å². The molecule has 0 bridgehead atoms. The second-order valence-corrected chi connectivity index (χ2v) is 8.16. The van der Waals surface area contributed by atoms with Crippen LogP contribution in [0.5, 0.6) is 11.5 Å². The molecule has 3 rings (SSSR count). The number of rotatable bonds is 8. The van der Waals surface area contributed by atoms with Crippen molar-refractivity contribution < 1.29 is 19.1 Å². The smallest absolute Gasteiger partial charge is 0.237 e. The molecule has 0 aromatic heterocycles. The first kappa shape index (κ1) is 23.6. The monoisotopic (exact) mass is 439 g/mol. The highest BCUT2D eigenvalue weighted by Gasteiger charge is 2.27. The van der Waals surface area contributed by atoms with Crippen molar-refractivity contribution in [2.45, 2.75) is 32.9 Å². The third-order valence-electron chi connectivity index (χ3n) is 5.98. The first-order chi connectivity index (χ1) is 15.4. The lowest BCUT2D eigenvalue weighted by molar-refractivity contribution is -0.133. The lowest BCUT2D eigenvalue weighted by Gasteiger charge is -2.37. The second-order valence-electron chi connectivity index (χ2n) is 8.16. The van der Waals surface area contributed by atoms with E-state index in [1.54, 1.807) is 14.2 Å². The zero-order valence-corrected chi connectivity index (χ0v) is 19.4. The fourth-order valence-corrected chi connectivity index (χ4v) is 3.84. The third-order valence-corrected chi connectivity index (χ3v) is 5.98. The first-order valence-corrected chi connectivity index (χ1v) is 11.0. The number of aryl methyl sites for hydroxylation is 1. The van der Waals surface area contributed by atoms with Gasteiger partial charge in [-0.05, 0) is 37.1 Å². The van der Waals surface area contributed by atoms with E-state index >= 15 is 0 Å². The SMILES string of the molecule is COc1ccc(CNC(=O)C(C)N2CCN(C(=O)Cc3ccc(C)cc3)CC2)cc1OC. The molecular weight excluding hydrogens is 406 g/mol. The molecule has 7 heteroatoms. The average Bonchev–Trinajstić information content (AvgIpc) is 2.83. The number of carbonyl (C=O) groups excluding carboxylic acids is 2. The van der Waals surface area contributed by atoms with Gasteiger partial charge in [0.1, 0.15) is 0 Å². The van der Waals surface area contributed by atoms with Gasteiger partial charge in [-0.15, -0.1) is 0 Å². The van der Waals surface area contributed by atoms with Gasteiger partial charge in [-0.25, -0.2) is 0 Å². The summed E-state index contributed by atoms with van der Waals surface area (Å²) in [6.45, 7) is 7.01. The summed E-state index contributed by atoms with van der Waals surface area (Å²) < 4.78 is 10.6. The molecule has 32 heavy (non-hydrogen) atoms. The number of amides is 2. The molecule has 1 saturated heterocycles. The zero-order valence-electron chi connectivity index (χ0n) is 19.4. The maximum Gasteiger partial charge on any atom is 0.237 e. The van der Waals surface area contributed by atoms with E-state index in [1.807, 2.05) is 61.2 Å². The summed E-state index contributed by atoms with van der Waals surface area (Å²) in [4.78, 5) is 29.3. The lowest BCUT2D eigenvalue weighted by Crippen LogP contribution is -2.55. The van der Waals surface area contributed by atoms with E-state index in [0.717, 1.165) is 11.1 Å². The van der Waals surface area contributed by atoms with Crippen LogP contribution in [0.2, 0.25) is 0 Å². The standard InChI is InChI=1S/C25H33N3O4/c1-18-5-7-20(8-6-18)16-24(29)28-13-11-27(12-14-28)19(2)25(30)26-17-21-9-10-22(31-3)23(15-21)32-4/h5-10,15,19H,11-14,16-17H2,1-4H3,(H,26,30). The minimum Gasteiger partial charge on any atom is -0.493 e. The number of ether oxygens (including phenoxy) is 2. The molecule has 1 atom stereocenters. The third kappa shape index (κ3) is 6.01. The van der Waals surface area contributed by atoms with Crippen molar-refractivity contribution in [1.29, 1.82) is 0 Å². The minimum absolute atomic E-state index is 0.0285. The van der Waals surface area contributed by atoms with Gasteiger partial charge < -0.3 is 19.7 Å². The van der Waals surface area contributed by atoms with Crippen molar-refractivity contribution >= 4 is 11.8 Å². The van der Waals surface area contributed by atoms with Crippen LogP contribution in [0.3, 0.4) is 0 Å². The molecule has 2 aromatic carbocycles. The summed E-state index contributed by atoms with van der Waals surface area (Å²) in [5.74, 6) is 1.41. The molecule has 2 amide bonds. The number of carbonyl (C=O) groups is 2. The average molecular weight is 440 g/mol. The number of hydrogen-bond donors (Lipinski definition) is 1. The van der Waals surface area contributed by atoms with Gasteiger partial charge in [0.05, 0.1) is 26.7 Å². The van der Waals surface area contributed by atoms with Crippen molar-refractivity contribution in [2.75, 3.05) is 40.4 Å². The van der Waals surface area contributed by atoms with E-state index < -0.39 is 0 Å². The summed E-state index contributed by atoms with van der Waals surface area (Å²) in [5, 5.41) is 3.00. The highest BCUT2D eigenvalue weighted by atomic mass is 16.5. The van der Waals surface area contributed by atoms with Gasteiger partial charge in [0, 0.05) is 32.7 Å². The van der Waals surface area contributed by atoms with Crippen molar-refractivity contribution in [3.63, 3.8) is 0 Å². The summed E-state index contributed by atoms with van der Waals surface area (Å²) in [6, 6.07) is 13.4. The Bertz CT molecular complexity index is 921. The minimum atomic E-state index is -0.260. The van der Waals surface area contributed by atoms with E-state index in [-0.39, 0.29) is 17.9 Å². The Kier molecular flexibility index (Phi) is 8.11. The van der Waals surface area contributed by atoms with E-state index in [9.17, 15) is 9.59 Å².